The predicted molar refractivity (Wildman–Crippen MR) is 87.0 cm³/mol. The van der Waals surface area contributed by atoms with Gasteiger partial charge in [0.05, 0.1) is 0 Å². The molecule has 118 valence electrons. The van der Waals surface area contributed by atoms with E-state index in [-0.39, 0.29) is 5.91 Å². The summed E-state index contributed by atoms with van der Waals surface area (Å²) in [6, 6.07) is 3.94. The Hall–Kier alpha value is -2.30. The van der Waals surface area contributed by atoms with E-state index in [2.05, 4.69) is 5.16 Å². The van der Waals surface area contributed by atoms with Crippen molar-refractivity contribution < 1.29 is 9.32 Å². The standard InChI is InChI=1S/C17H23N3O2/c1-6-19(7-2)17(21)9-8-15-10-12(3)20(14(15)5)16-11-13(4)22-18-16/h8-11H,6-7H2,1-5H3/b9-8+. The predicted octanol–water partition coefficient (Wildman–Crippen LogP) is 3.27. The number of nitrogens with zero attached hydrogens (tertiary/aromatic N) is 3. The minimum atomic E-state index is 0.0343. The van der Waals surface area contributed by atoms with E-state index in [0.29, 0.717) is 0 Å². The number of hydrogen-bond donors (Lipinski definition) is 0. The maximum Gasteiger partial charge on any atom is 0.246 e. The van der Waals surface area contributed by atoms with Gasteiger partial charge in [0.15, 0.2) is 5.82 Å². The summed E-state index contributed by atoms with van der Waals surface area (Å²) in [6.45, 7) is 11.3. The monoisotopic (exact) mass is 301 g/mol. The van der Waals surface area contributed by atoms with Crippen LogP contribution in [0.25, 0.3) is 11.9 Å². The number of carbonyl (C=O) groups is 1. The largest absolute Gasteiger partial charge is 0.360 e. The van der Waals surface area contributed by atoms with Gasteiger partial charge in [0.2, 0.25) is 5.91 Å². The van der Waals surface area contributed by atoms with E-state index < -0.39 is 0 Å². The normalized spacial score (nSPS) is 11.3. The fourth-order valence-electron chi connectivity index (χ4n) is 2.57. The first-order valence-corrected chi connectivity index (χ1v) is 7.57. The van der Waals surface area contributed by atoms with Gasteiger partial charge in [0.25, 0.3) is 0 Å². The Balaban J connectivity index is 2.29. The molecule has 0 spiro atoms. The Morgan fingerprint density at radius 1 is 1.27 bits per heavy atom. The average Bonchev–Trinajstić information content (AvgIpc) is 3.01. The van der Waals surface area contributed by atoms with Gasteiger partial charge in [-0.25, -0.2) is 0 Å². The number of likely N-dealkylation sites (N-methyl/N-ethyl adjacent to an activating group) is 1. The van der Waals surface area contributed by atoms with Crippen molar-refractivity contribution >= 4 is 12.0 Å². The van der Waals surface area contributed by atoms with Crippen LogP contribution < -0.4 is 0 Å². The zero-order chi connectivity index (χ0) is 16.3. The van der Waals surface area contributed by atoms with Crippen molar-refractivity contribution in [2.24, 2.45) is 0 Å². The third-order valence-electron chi connectivity index (χ3n) is 3.80. The van der Waals surface area contributed by atoms with Crippen molar-refractivity contribution in [1.82, 2.24) is 14.6 Å². The second-order valence-corrected chi connectivity index (χ2v) is 5.30. The molecule has 0 unspecified atom stereocenters. The fraction of sp³-hybridized carbons (Fsp3) is 0.412. The number of carbonyl (C=O) groups excluding carboxylic acids is 1. The molecule has 22 heavy (non-hydrogen) atoms. The smallest absolute Gasteiger partial charge is 0.246 e. The van der Waals surface area contributed by atoms with Crippen LogP contribution in [0.4, 0.5) is 0 Å². The van der Waals surface area contributed by atoms with Crippen molar-refractivity contribution in [1.29, 1.82) is 0 Å². The Morgan fingerprint density at radius 3 is 2.50 bits per heavy atom. The van der Waals surface area contributed by atoms with Gasteiger partial charge in [0, 0.05) is 36.6 Å². The SMILES string of the molecule is CCN(CC)C(=O)/C=C/c1cc(C)n(-c2cc(C)on2)c1C. The van der Waals surface area contributed by atoms with Gasteiger partial charge in [0.1, 0.15) is 5.76 Å². The maximum absolute atomic E-state index is 12.1. The highest BCUT2D eigenvalue weighted by Crippen LogP contribution is 2.21. The molecule has 5 heteroatoms. The summed E-state index contributed by atoms with van der Waals surface area (Å²) in [6.07, 6.45) is 3.50. The molecule has 0 bridgehead atoms. The highest BCUT2D eigenvalue weighted by atomic mass is 16.5. The molecule has 0 saturated heterocycles. The molecular weight excluding hydrogens is 278 g/mol. The van der Waals surface area contributed by atoms with Gasteiger partial charge in [-0.15, -0.1) is 0 Å². The molecule has 0 atom stereocenters. The lowest BCUT2D eigenvalue weighted by molar-refractivity contribution is -0.125. The lowest BCUT2D eigenvalue weighted by atomic mass is 10.2. The van der Waals surface area contributed by atoms with Gasteiger partial charge in [-0.3, -0.25) is 9.36 Å². The maximum atomic E-state index is 12.1. The van der Waals surface area contributed by atoms with Crippen LogP contribution in [0.15, 0.2) is 22.7 Å². The van der Waals surface area contributed by atoms with Crippen molar-refractivity contribution in [3.63, 3.8) is 0 Å². The first-order valence-electron chi connectivity index (χ1n) is 7.57. The third-order valence-corrected chi connectivity index (χ3v) is 3.80. The first-order chi connectivity index (χ1) is 10.5. The molecular formula is C17H23N3O2. The van der Waals surface area contributed by atoms with Crippen LogP contribution in [-0.4, -0.2) is 33.6 Å². The van der Waals surface area contributed by atoms with Crippen LogP contribution in [0, 0.1) is 20.8 Å². The van der Waals surface area contributed by atoms with E-state index in [1.54, 1.807) is 11.0 Å². The second-order valence-electron chi connectivity index (χ2n) is 5.30. The van der Waals surface area contributed by atoms with E-state index in [4.69, 9.17) is 4.52 Å². The first kappa shape index (κ1) is 16.1. The number of rotatable bonds is 5. The number of aryl methyl sites for hydroxylation is 2. The van der Waals surface area contributed by atoms with Gasteiger partial charge >= 0.3 is 0 Å². The van der Waals surface area contributed by atoms with Crippen LogP contribution in [0.2, 0.25) is 0 Å². The van der Waals surface area contributed by atoms with E-state index in [1.807, 2.05) is 57.4 Å². The number of hydrogen-bond acceptors (Lipinski definition) is 3. The molecule has 0 saturated carbocycles. The van der Waals surface area contributed by atoms with E-state index in [9.17, 15) is 4.79 Å². The summed E-state index contributed by atoms with van der Waals surface area (Å²) < 4.78 is 7.17. The molecule has 5 nitrogen and oxygen atoms in total. The Morgan fingerprint density at radius 2 is 1.95 bits per heavy atom. The van der Waals surface area contributed by atoms with Crippen molar-refractivity contribution in [3.05, 3.63) is 40.9 Å². The molecule has 0 aromatic carbocycles. The molecule has 0 fully saturated rings. The summed E-state index contributed by atoms with van der Waals surface area (Å²) in [5.41, 5.74) is 3.11. The van der Waals surface area contributed by atoms with E-state index in [0.717, 1.165) is 41.6 Å². The van der Waals surface area contributed by atoms with Gasteiger partial charge in [-0.05, 0) is 52.3 Å². The van der Waals surface area contributed by atoms with E-state index in [1.165, 1.54) is 0 Å². The van der Waals surface area contributed by atoms with Crippen molar-refractivity contribution in [3.8, 4) is 5.82 Å². The quantitative estimate of drug-likeness (QED) is 0.796. The Kier molecular flexibility index (Phi) is 4.85. The summed E-state index contributed by atoms with van der Waals surface area (Å²) in [5.74, 6) is 1.57. The van der Waals surface area contributed by atoms with Gasteiger partial charge in [-0.2, -0.15) is 0 Å². The average molecular weight is 301 g/mol. The molecule has 1 amide bonds. The third kappa shape index (κ3) is 3.13. The molecule has 2 rings (SSSR count). The molecule has 0 aliphatic carbocycles. The van der Waals surface area contributed by atoms with Gasteiger partial charge < -0.3 is 9.42 Å². The lowest BCUT2D eigenvalue weighted by Crippen LogP contribution is -2.28. The van der Waals surface area contributed by atoms with Crippen LogP contribution in [0.3, 0.4) is 0 Å². The van der Waals surface area contributed by atoms with Crippen LogP contribution in [0.5, 0.6) is 0 Å². The molecule has 2 aromatic rings. The van der Waals surface area contributed by atoms with Crippen molar-refractivity contribution in [2.75, 3.05) is 13.1 Å². The van der Waals surface area contributed by atoms with E-state index >= 15 is 0 Å². The molecule has 0 radical (unpaired) electrons. The minimum absolute atomic E-state index is 0.0343. The number of aromatic nitrogens is 2. The minimum Gasteiger partial charge on any atom is -0.360 e. The zero-order valence-corrected chi connectivity index (χ0v) is 13.9. The van der Waals surface area contributed by atoms with Crippen LogP contribution in [-0.2, 0) is 4.79 Å². The van der Waals surface area contributed by atoms with Crippen LogP contribution in [0.1, 0.15) is 36.6 Å². The lowest BCUT2D eigenvalue weighted by Gasteiger charge is -2.15. The van der Waals surface area contributed by atoms with Crippen LogP contribution >= 0.6 is 0 Å². The summed E-state index contributed by atoms with van der Waals surface area (Å²) in [7, 11) is 0. The van der Waals surface area contributed by atoms with Crippen molar-refractivity contribution in [2.45, 2.75) is 34.6 Å². The second kappa shape index (κ2) is 6.64. The summed E-state index contributed by atoms with van der Waals surface area (Å²) in [4.78, 5) is 13.8. The molecule has 0 aliphatic heterocycles. The number of amides is 1. The molecule has 2 aromatic heterocycles. The summed E-state index contributed by atoms with van der Waals surface area (Å²) in [5, 5.41) is 4.06. The topological polar surface area (TPSA) is 51.3 Å². The molecule has 2 heterocycles. The highest BCUT2D eigenvalue weighted by Gasteiger charge is 2.12. The zero-order valence-electron chi connectivity index (χ0n) is 13.9. The Labute approximate surface area is 131 Å². The fourth-order valence-corrected chi connectivity index (χ4v) is 2.57. The summed E-state index contributed by atoms with van der Waals surface area (Å²) >= 11 is 0. The highest BCUT2D eigenvalue weighted by molar-refractivity contribution is 5.92. The molecule has 0 N–H and O–H groups in total. The van der Waals surface area contributed by atoms with Gasteiger partial charge in [-0.1, -0.05) is 5.16 Å². The molecule has 0 aliphatic rings. The Bertz CT molecular complexity index is 691.